The number of urea groups is 1. The van der Waals surface area contributed by atoms with E-state index in [4.69, 9.17) is 4.74 Å². The summed E-state index contributed by atoms with van der Waals surface area (Å²) in [4.78, 5) is 29.3. The van der Waals surface area contributed by atoms with Crippen molar-refractivity contribution in [2.45, 2.75) is 18.8 Å². The Morgan fingerprint density at radius 3 is 2.34 bits per heavy atom. The van der Waals surface area contributed by atoms with Gasteiger partial charge in [0.25, 0.3) is 0 Å². The van der Waals surface area contributed by atoms with Crippen LogP contribution in [0.2, 0.25) is 0 Å². The SMILES string of the molecule is CN(C)c1ccc(CCCNC(=O)NCC(C(=O)N2CCOCC2)c2ccccc2)cc1. The highest BCUT2D eigenvalue weighted by molar-refractivity contribution is 5.85. The first-order chi connectivity index (χ1) is 15.5. The van der Waals surface area contributed by atoms with Crippen LogP contribution in [0.3, 0.4) is 0 Å². The van der Waals surface area contributed by atoms with Crippen LogP contribution in [0, 0.1) is 0 Å². The van der Waals surface area contributed by atoms with Crippen LogP contribution in [-0.2, 0) is 16.0 Å². The molecule has 3 amide bonds. The molecule has 1 saturated heterocycles. The number of ether oxygens (including phenoxy) is 1. The van der Waals surface area contributed by atoms with Gasteiger partial charge in [-0.1, -0.05) is 42.5 Å². The molecule has 32 heavy (non-hydrogen) atoms. The Morgan fingerprint density at radius 2 is 1.69 bits per heavy atom. The number of morpholine rings is 1. The van der Waals surface area contributed by atoms with E-state index < -0.39 is 5.92 Å². The molecule has 1 unspecified atom stereocenters. The highest BCUT2D eigenvalue weighted by Crippen LogP contribution is 2.19. The quantitative estimate of drug-likeness (QED) is 0.591. The molecule has 0 spiro atoms. The number of hydrogen-bond donors (Lipinski definition) is 2. The van der Waals surface area contributed by atoms with E-state index in [2.05, 4.69) is 39.8 Å². The number of carbonyl (C=O) groups is 2. The highest BCUT2D eigenvalue weighted by atomic mass is 16.5. The summed E-state index contributed by atoms with van der Waals surface area (Å²) in [7, 11) is 4.04. The first kappa shape index (κ1) is 23.6. The van der Waals surface area contributed by atoms with E-state index in [0.717, 1.165) is 18.4 Å². The normalized spacial score (nSPS) is 14.5. The number of aryl methyl sites for hydroxylation is 1. The van der Waals surface area contributed by atoms with Crippen molar-refractivity contribution in [3.63, 3.8) is 0 Å². The number of amides is 3. The lowest BCUT2D eigenvalue weighted by Crippen LogP contribution is -2.46. The lowest BCUT2D eigenvalue weighted by molar-refractivity contribution is -0.136. The molecule has 2 aromatic rings. The third-order valence-electron chi connectivity index (χ3n) is 5.67. The van der Waals surface area contributed by atoms with E-state index >= 15 is 0 Å². The van der Waals surface area contributed by atoms with Crippen molar-refractivity contribution in [1.82, 2.24) is 15.5 Å². The zero-order chi connectivity index (χ0) is 22.8. The number of hydrogen-bond acceptors (Lipinski definition) is 4. The monoisotopic (exact) mass is 438 g/mol. The Morgan fingerprint density at radius 1 is 1.00 bits per heavy atom. The lowest BCUT2D eigenvalue weighted by Gasteiger charge is -2.30. The number of rotatable bonds is 9. The van der Waals surface area contributed by atoms with Gasteiger partial charge in [-0.15, -0.1) is 0 Å². The minimum absolute atomic E-state index is 0.0287. The van der Waals surface area contributed by atoms with Gasteiger partial charge in [0.2, 0.25) is 5.91 Å². The molecule has 7 heteroatoms. The maximum Gasteiger partial charge on any atom is 0.314 e. The van der Waals surface area contributed by atoms with Crippen molar-refractivity contribution < 1.29 is 14.3 Å². The summed E-state index contributed by atoms with van der Waals surface area (Å²) in [6.07, 6.45) is 1.75. The van der Waals surface area contributed by atoms with Gasteiger partial charge in [-0.3, -0.25) is 4.79 Å². The summed E-state index contributed by atoms with van der Waals surface area (Å²) in [6.45, 7) is 3.12. The lowest BCUT2D eigenvalue weighted by atomic mass is 9.97. The van der Waals surface area contributed by atoms with E-state index in [1.807, 2.05) is 49.3 Å². The van der Waals surface area contributed by atoms with Gasteiger partial charge in [-0.2, -0.15) is 0 Å². The molecule has 1 atom stereocenters. The number of benzene rings is 2. The number of carbonyl (C=O) groups excluding carboxylic acids is 2. The fourth-order valence-corrected chi connectivity index (χ4v) is 3.75. The Kier molecular flexibility index (Phi) is 8.92. The second kappa shape index (κ2) is 12.1. The van der Waals surface area contributed by atoms with Gasteiger partial charge in [0.05, 0.1) is 19.1 Å². The molecule has 0 aliphatic carbocycles. The molecule has 0 aromatic heterocycles. The van der Waals surface area contributed by atoms with Gasteiger partial charge in [-0.05, 0) is 36.1 Å². The van der Waals surface area contributed by atoms with Gasteiger partial charge in [0.1, 0.15) is 0 Å². The summed E-state index contributed by atoms with van der Waals surface area (Å²) < 4.78 is 5.36. The summed E-state index contributed by atoms with van der Waals surface area (Å²) in [5, 5.41) is 5.79. The zero-order valence-corrected chi connectivity index (χ0v) is 19.0. The molecular formula is C25H34N4O3. The van der Waals surface area contributed by atoms with Crippen molar-refractivity contribution in [3.05, 3.63) is 65.7 Å². The fourth-order valence-electron chi connectivity index (χ4n) is 3.75. The van der Waals surface area contributed by atoms with Gasteiger partial charge >= 0.3 is 6.03 Å². The Labute approximate surface area is 190 Å². The third kappa shape index (κ3) is 6.99. The molecule has 0 saturated carbocycles. The fraction of sp³-hybridized carbons (Fsp3) is 0.440. The molecule has 7 nitrogen and oxygen atoms in total. The van der Waals surface area contributed by atoms with Crippen LogP contribution in [-0.4, -0.2) is 70.3 Å². The van der Waals surface area contributed by atoms with Crippen molar-refractivity contribution in [1.29, 1.82) is 0 Å². The van der Waals surface area contributed by atoms with Crippen LogP contribution < -0.4 is 15.5 Å². The van der Waals surface area contributed by atoms with E-state index in [-0.39, 0.29) is 18.5 Å². The minimum atomic E-state index is -0.407. The predicted molar refractivity (Wildman–Crippen MR) is 127 cm³/mol. The molecule has 1 fully saturated rings. The van der Waals surface area contributed by atoms with Gasteiger partial charge in [0.15, 0.2) is 0 Å². The Bertz CT molecular complexity index is 849. The molecule has 1 aliphatic rings. The summed E-state index contributed by atoms with van der Waals surface area (Å²) in [6, 6.07) is 17.8. The van der Waals surface area contributed by atoms with E-state index in [1.54, 1.807) is 0 Å². The van der Waals surface area contributed by atoms with E-state index in [1.165, 1.54) is 11.3 Å². The molecule has 172 valence electrons. The smallest absolute Gasteiger partial charge is 0.314 e. The van der Waals surface area contributed by atoms with Gasteiger partial charge in [0, 0.05) is 46.0 Å². The average molecular weight is 439 g/mol. The predicted octanol–water partition coefficient (Wildman–Crippen LogP) is 2.63. The van der Waals surface area contributed by atoms with Crippen LogP contribution in [0.4, 0.5) is 10.5 Å². The Hall–Kier alpha value is -3.06. The zero-order valence-electron chi connectivity index (χ0n) is 19.0. The van der Waals surface area contributed by atoms with Gasteiger partial charge in [-0.25, -0.2) is 4.79 Å². The van der Waals surface area contributed by atoms with Crippen molar-refractivity contribution in [2.24, 2.45) is 0 Å². The first-order valence-corrected chi connectivity index (χ1v) is 11.2. The number of nitrogens with one attached hydrogen (secondary N) is 2. The van der Waals surface area contributed by atoms with Crippen molar-refractivity contribution in [3.8, 4) is 0 Å². The third-order valence-corrected chi connectivity index (χ3v) is 5.67. The summed E-state index contributed by atoms with van der Waals surface area (Å²) >= 11 is 0. The molecular weight excluding hydrogens is 404 g/mol. The molecule has 3 rings (SSSR count). The number of anilines is 1. The van der Waals surface area contributed by atoms with Crippen molar-refractivity contribution >= 4 is 17.6 Å². The summed E-state index contributed by atoms with van der Waals surface area (Å²) in [5.41, 5.74) is 3.33. The standard InChI is InChI=1S/C25H34N4O3/c1-28(2)22-12-10-20(11-13-22)7-6-14-26-25(31)27-19-23(21-8-4-3-5-9-21)24(30)29-15-17-32-18-16-29/h3-5,8-13,23H,6-7,14-19H2,1-2H3,(H2,26,27,31). The van der Waals surface area contributed by atoms with Gasteiger partial charge < -0.3 is 25.2 Å². The van der Waals surface area contributed by atoms with Crippen molar-refractivity contribution in [2.75, 3.05) is 58.4 Å². The average Bonchev–Trinajstić information content (AvgIpc) is 2.83. The molecule has 1 aliphatic heterocycles. The van der Waals surface area contributed by atoms with Crippen LogP contribution >= 0.6 is 0 Å². The van der Waals surface area contributed by atoms with Crippen LogP contribution in [0.1, 0.15) is 23.5 Å². The highest BCUT2D eigenvalue weighted by Gasteiger charge is 2.27. The molecule has 2 N–H and O–H groups in total. The Balaban J connectivity index is 1.45. The summed E-state index contributed by atoms with van der Waals surface area (Å²) in [5.74, 6) is -0.378. The van der Waals surface area contributed by atoms with Crippen LogP contribution in [0.25, 0.3) is 0 Å². The molecule has 1 heterocycles. The minimum Gasteiger partial charge on any atom is -0.378 e. The van der Waals surface area contributed by atoms with E-state index in [0.29, 0.717) is 32.8 Å². The van der Waals surface area contributed by atoms with E-state index in [9.17, 15) is 9.59 Å². The van der Waals surface area contributed by atoms with Crippen LogP contribution in [0.15, 0.2) is 54.6 Å². The molecule has 0 radical (unpaired) electrons. The first-order valence-electron chi connectivity index (χ1n) is 11.2. The maximum absolute atomic E-state index is 13.1. The maximum atomic E-state index is 13.1. The molecule has 0 bridgehead atoms. The largest absolute Gasteiger partial charge is 0.378 e. The molecule has 2 aromatic carbocycles. The second-order valence-corrected chi connectivity index (χ2v) is 8.20. The van der Waals surface area contributed by atoms with Crippen LogP contribution in [0.5, 0.6) is 0 Å². The number of nitrogens with zero attached hydrogens (tertiary/aromatic N) is 2. The topological polar surface area (TPSA) is 73.9 Å². The second-order valence-electron chi connectivity index (χ2n) is 8.20.